The fourth-order valence-electron chi connectivity index (χ4n) is 1.81. The summed E-state index contributed by atoms with van der Waals surface area (Å²) in [6.07, 6.45) is 2.97. The Morgan fingerprint density at radius 3 is 2.29 bits per heavy atom. The minimum atomic E-state index is -3.40. The van der Waals surface area contributed by atoms with Gasteiger partial charge in [-0.2, -0.15) is 9.57 Å². The quantitative estimate of drug-likeness (QED) is 0.820. The molecule has 1 saturated carbocycles. The lowest BCUT2D eigenvalue weighted by Crippen LogP contribution is -2.41. The Hall–Kier alpha value is -1.38. The number of hydrogen-bond donors (Lipinski definition) is 0. The lowest BCUT2D eigenvalue weighted by Gasteiger charge is -2.33. The Bertz CT molecular complexity index is 539. The number of rotatable bonds is 3. The topological polar surface area (TPSA) is 61.2 Å². The lowest BCUT2D eigenvalue weighted by molar-refractivity contribution is 0.249. The average Bonchev–Trinajstić information content (AvgIpc) is 2.27. The van der Waals surface area contributed by atoms with Gasteiger partial charge in [0.05, 0.1) is 16.5 Å². The second-order valence-electron chi connectivity index (χ2n) is 4.24. The Kier molecular flexibility index (Phi) is 3.18. The Balaban J connectivity index is 2.27. The molecule has 1 fully saturated rings. The van der Waals surface area contributed by atoms with E-state index in [-0.39, 0.29) is 10.9 Å². The summed E-state index contributed by atoms with van der Waals surface area (Å²) in [6, 6.07) is 8.14. The second-order valence-corrected chi connectivity index (χ2v) is 6.24. The van der Waals surface area contributed by atoms with Gasteiger partial charge in [-0.15, -0.1) is 0 Å². The van der Waals surface area contributed by atoms with Gasteiger partial charge in [-0.3, -0.25) is 0 Å². The molecule has 0 amide bonds. The van der Waals surface area contributed by atoms with Crippen molar-refractivity contribution in [2.24, 2.45) is 0 Å². The van der Waals surface area contributed by atoms with Gasteiger partial charge in [-0.1, -0.05) is 6.42 Å². The number of nitriles is 1. The third-order valence-corrected chi connectivity index (χ3v) is 5.17. The fraction of sp³-hybridized carbons (Fsp3) is 0.417. The molecule has 90 valence electrons. The molecule has 0 saturated heterocycles. The number of sulfonamides is 1. The van der Waals surface area contributed by atoms with Crippen LogP contribution in [0.25, 0.3) is 0 Å². The highest BCUT2D eigenvalue weighted by Gasteiger charge is 2.31. The maximum Gasteiger partial charge on any atom is 0.243 e. The van der Waals surface area contributed by atoms with Crippen LogP contribution >= 0.6 is 0 Å². The molecule has 0 heterocycles. The predicted molar refractivity (Wildman–Crippen MR) is 63.7 cm³/mol. The van der Waals surface area contributed by atoms with Crippen LogP contribution in [0.1, 0.15) is 24.8 Å². The summed E-state index contributed by atoms with van der Waals surface area (Å²) in [5, 5.41) is 8.67. The van der Waals surface area contributed by atoms with E-state index in [0.717, 1.165) is 19.3 Å². The zero-order chi connectivity index (χ0) is 12.5. The highest BCUT2D eigenvalue weighted by Crippen LogP contribution is 2.28. The zero-order valence-corrected chi connectivity index (χ0v) is 10.4. The summed E-state index contributed by atoms with van der Waals surface area (Å²) in [5.41, 5.74) is 0.468. The van der Waals surface area contributed by atoms with Crippen molar-refractivity contribution in [2.45, 2.75) is 30.2 Å². The molecular weight excluding hydrogens is 236 g/mol. The van der Waals surface area contributed by atoms with Crippen LogP contribution in [0.4, 0.5) is 0 Å². The molecule has 4 nitrogen and oxygen atoms in total. The predicted octanol–water partition coefficient (Wildman–Crippen LogP) is 1.73. The van der Waals surface area contributed by atoms with Crippen molar-refractivity contribution in [1.29, 1.82) is 5.26 Å². The van der Waals surface area contributed by atoms with E-state index in [0.29, 0.717) is 5.56 Å². The molecule has 1 aromatic carbocycles. The summed E-state index contributed by atoms with van der Waals surface area (Å²) in [6.45, 7) is 0. The van der Waals surface area contributed by atoms with Gasteiger partial charge in [0.15, 0.2) is 0 Å². The van der Waals surface area contributed by atoms with E-state index in [1.54, 1.807) is 7.05 Å². The molecule has 0 aromatic heterocycles. The molecule has 2 rings (SSSR count). The second kappa shape index (κ2) is 4.47. The number of benzene rings is 1. The van der Waals surface area contributed by atoms with E-state index in [9.17, 15) is 8.42 Å². The summed E-state index contributed by atoms with van der Waals surface area (Å²) in [5.74, 6) is 0. The maximum atomic E-state index is 12.2. The normalized spacial score (nSPS) is 16.5. The monoisotopic (exact) mass is 250 g/mol. The van der Waals surface area contributed by atoms with Crippen LogP contribution < -0.4 is 0 Å². The molecule has 1 aromatic rings. The molecule has 0 spiro atoms. The average molecular weight is 250 g/mol. The van der Waals surface area contributed by atoms with Crippen LogP contribution in [0.3, 0.4) is 0 Å². The van der Waals surface area contributed by atoms with Gasteiger partial charge in [0.25, 0.3) is 0 Å². The standard InChI is InChI=1S/C12H14N2O2S/c1-14(11-3-2-4-11)17(15,16)12-7-5-10(9-13)6-8-12/h5-8,11H,2-4H2,1H3. The van der Waals surface area contributed by atoms with Crippen LogP contribution in [0.2, 0.25) is 0 Å². The maximum absolute atomic E-state index is 12.2. The molecule has 0 aliphatic heterocycles. The van der Waals surface area contributed by atoms with Crippen molar-refractivity contribution in [3.63, 3.8) is 0 Å². The molecule has 0 radical (unpaired) electrons. The van der Waals surface area contributed by atoms with Crippen molar-refractivity contribution in [1.82, 2.24) is 4.31 Å². The highest BCUT2D eigenvalue weighted by molar-refractivity contribution is 7.89. The van der Waals surface area contributed by atoms with Crippen LogP contribution in [0.15, 0.2) is 29.2 Å². The van der Waals surface area contributed by atoms with E-state index in [1.807, 2.05) is 6.07 Å². The van der Waals surface area contributed by atoms with E-state index in [4.69, 9.17) is 5.26 Å². The lowest BCUT2D eigenvalue weighted by atomic mass is 9.94. The zero-order valence-electron chi connectivity index (χ0n) is 9.63. The van der Waals surface area contributed by atoms with Gasteiger partial charge in [-0.05, 0) is 37.1 Å². The van der Waals surface area contributed by atoms with Crippen LogP contribution in [-0.2, 0) is 10.0 Å². The van der Waals surface area contributed by atoms with E-state index in [1.165, 1.54) is 28.6 Å². The first-order chi connectivity index (χ1) is 8.05. The van der Waals surface area contributed by atoms with Crippen LogP contribution in [0.5, 0.6) is 0 Å². The number of hydrogen-bond acceptors (Lipinski definition) is 3. The summed E-state index contributed by atoms with van der Waals surface area (Å²) < 4.78 is 25.9. The molecular formula is C12H14N2O2S. The van der Waals surface area contributed by atoms with E-state index >= 15 is 0 Å². The molecule has 0 unspecified atom stereocenters. The molecule has 0 N–H and O–H groups in total. The summed E-state index contributed by atoms with van der Waals surface area (Å²) >= 11 is 0. The molecule has 17 heavy (non-hydrogen) atoms. The fourth-order valence-corrected chi connectivity index (χ4v) is 3.23. The van der Waals surface area contributed by atoms with Crippen LogP contribution in [-0.4, -0.2) is 25.8 Å². The summed E-state index contributed by atoms with van der Waals surface area (Å²) in [7, 11) is -1.78. The minimum absolute atomic E-state index is 0.135. The van der Waals surface area contributed by atoms with Crippen molar-refractivity contribution < 1.29 is 8.42 Å². The van der Waals surface area contributed by atoms with Crippen LogP contribution in [0, 0.1) is 11.3 Å². The van der Waals surface area contributed by atoms with E-state index in [2.05, 4.69) is 0 Å². The smallest absolute Gasteiger partial charge is 0.207 e. The first-order valence-electron chi connectivity index (χ1n) is 5.54. The third-order valence-electron chi connectivity index (χ3n) is 3.25. The van der Waals surface area contributed by atoms with Gasteiger partial charge in [-0.25, -0.2) is 8.42 Å². The van der Waals surface area contributed by atoms with Gasteiger partial charge < -0.3 is 0 Å². The minimum Gasteiger partial charge on any atom is -0.207 e. The van der Waals surface area contributed by atoms with Crippen molar-refractivity contribution in [2.75, 3.05) is 7.05 Å². The van der Waals surface area contributed by atoms with Crippen molar-refractivity contribution >= 4 is 10.0 Å². The Morgan fingerprint density at radius 1 is 1.29 bits per heavy atom. The first-order valence-corrected chi connectivity index (χ1v) is 6.98. The highest BCUT2D eigenvalue weighted by atomic mass is 32.2. The SMILES string of the molecule is CN(C1CCC1)S(=O)(=O)c1ccc(C#N)cc1. The Morgan fingerprint density at radius 2 is 1.88 bits per heavy atom. The van der Waals surface area contributed by atoms with Gasteiger partial charge in [0, 0.05) is 13.1 Å². The molecule has 0 atom stereocenters. The van der Waals surface area contributed by atoms with Gasteiger partial charge in [0.1, 0.15) is 0 Å². The van der Waals surface area contributed by atoms with Gasteiger partial charge in [0.2, 0.25) is 10.0 Å². The van der Waals surface area contributed by atoms with Crippen molar-refractivity contribution in [3.05, 3.63) is 29.8 Å². The van der Waals surface area contributed by atoms with Crippen molar-refractivity contribution in [3.8, 4) is 6.07 Å². The number of nitrogens with zero attached hydrogens (tertiary/aromatic N) is 2. The summed E-state index contributed by atoms with van der Waals surface area (Å²) in [4.78, 5) is 0.255. The first kappa shape index (κ1) is 12.1. The van der Waals surface area contributed by atoms with Gasteiger partial charge >= 0.3 is 0 Å². The molecule has 5 heteroatoms. The molecule has 1 aliphatic carbocycles. The van der Waals surface area contributed by atoms with E-state index < -0.39 is 10.0 Å². The largest absolute Gasteiger partial charge is 0.243 e. The third kappa shape index (κ3) is 2.19. The Labute approximate surface area is 102 Å². The molecule has 0 bridgehead atoms. The molecule has 1 aliphatic rings.